The summed E-state index contributed by atoms with van der Waals surface area (Å²) in [4.78, 5) is 16.9. The minimum atomic E-state index is -0.805. The fourth-order valence-electron chi connectivity index (χ4n) is 2.75. The summed E-state index contributed by atoms with van der Waals surface area (Å²) in [5.41, 5.74) is 1.27. The van der Waals surface area contributed by atoms with Crippen molar-refractivity contribution in [2.24, 2.45) is 0 Å². The number of carbonyl (C=O) groups is 1. The number of nitrogens with one attached hydrogen (secondary N) is 1. The Morgan fingerprint density at radius 2 is 1.90 bits per heavy atom. The van der Waals surface area contributed by atoms with Crippen LogP contribution in [0.2, 0.25) is 0 Å². The van der Waals surface area contributed by atoms with Crippen LogP contribution in [0.15, 0.2) is 27.2 Å². The molecule has 0 radical (unpaired) electrons. The minimum absolute atomic E-state index is 0.285. The molecular formula is C20H24N4O5. The van der Waals surface area contributed by atoms with E-state index in [0.717, 1.165) is 11.3 Å². The molecule has 3 aromatic rings. The minimum Gasteiger partial charge on any atom is -0.493 e. The maximum absolute atomic E-state index is 12.7. The van der Waals surface area contributed by atoms with Gasteiger partial charge in [0.2, 0.25) is 5.89 Å². The van der Waals surface area contributed by atoms with Gasteiger partial charge in [0.05, 0.1) is 23.9 Å². The van der Waals surface area contributed by atoms with E-state index in [4.69, 9.17) is 18.5 Å². The van der Waals surface area contributed by atoms with Crippen molar-refractivity contribution in [2.45, 2.75) is 46.8 Å². The Morgan fingerprint density at radius 1 is 1.14 bits per heavy atom. The van der Waals surface area contributed by atoms with Gasteiger partial charge in [-0.25, -0.2) is 0 Å². The van der Waals surface area contributed by atoms with E-state index < -0.39 is 5.54 Å². The van der Waals surface area contributed by atoms with Crippen LogP contribution in [-0.4, -0.2) is 28.3 Å². The smallest absolute Gasteiger partial charge is 0.252 e. The first-order valence-electron chi connectivity index (χ1n) is 9.07. The van der Waals surface area contributed by atoms with Crippen LogP contribution in [0.1, 0.15) is 52.9 Å². The summed E-state index contributed by atoms with van der Waals surface area (Å²) in [6.45, 7) is 9.26. The monoisotopic (exact) mass is 400 g/mol. The van der Waals surface area contributed by atoms with E-state index in [1.165, 1.54) is 7.11 Å². The lowest BCUT2D eigenvalue weighted by Gasteiger charge is -2.22. The van der Waals surface area contributed by atoms with Crippen LogP contribution >= 0.6 is 0 Å². The molecule has 9 nitrogen and oxygen atoms in total. The normalized spacial score (nSPS) is 11.4. The van der Waals surface area contributed by atoms with E-state index >= 15 is 0 Å². The molecule has 0 saturated heterocycles. The average Bonchev–Trinajstić information content (AvgIpc) is 3.26. The van der Waals surface area contributed by atoms with Gasteiger partial charge in [-0.1, -0.05) is 10.3 Å². The van der Waals surface area contributed by atoms with Crippen molar-refractivity contribution >= 4 is 5.91 Å². The summed E-state index contributed by atoms with van der Waals surface area (Å²) in [5.74, 6) is 2.19. The van der Waals surface area contributed by atoms with E-state index in [9.17, 15) is 4.79 Å². The number of aryl methyl sites for hydroxylation is 3. The molecule has 0 atom stereocenters. The number of carbonyl (C=O) groups excluding carboxylic acids is 1. The van der Waals surface area contributed by atoms with Crippen molar-refractivity contribution < 1.29 is 23.3 Å². The lowest BCUT2D eigenvalue weighted by atomic mass is 10.0. The SMILES string of the molecule is COc1cc(C(=O)NC(C)(C)c2noc(C)n2)ccc1OCc1c(C)noc1C. The Hall–Kier alpha value is -3.36. The molecule has 29 heavy (non-hydrogen) atoms. The number of nitrogens with zero attached hydrogens (tertiary/aromatic N) is 3. The molecular weight excluding hydrogens is 376 g/mol. The zero-order valence-electron chi connectivity index (χ0n) is 17.3. The summed E-state index contributed by atoms with van der Waals surface area (Å²) in [6.07, 6.45) is 0. The standard InChI is InChI=1S/C20H24N4O5/c1-11-15(12(2)28-23-11)10-27-16-8-7-14(9-17(16)26-6)18(25)22-20(4,5)19-21-13(3)29-24-19/h7-9H,10H2,1-6H3,(H,22,25). The number of hydrogen-bond acceptors (Lipinski definition) is 8. The molecule has 0 aliphatic carbocycles. The fraction of sp³-hybridized carbons (Fsp3) is 0.400. The molecule has 0 fully saturated rings. The summed E-state index contributed by atoms with van der Waals surface area (Å²) >= 11 is 0. The van der Waals surface area contributed by atoms with Crippen molar-refractivity contribution in [3.05, 3.63) is 52.5 Å². The van der Waals surface area contributed by atoms with Gasteiger partial charge >= 0.3 is 0 Å². The van der Waals surface area contributed by atoms with Crippen molar-refractivity contribution in [1.29, 1.82) is 0 Å². The largest absolute Gasteiger partial charge is 0.493 e. The van der Waals surface area contributed by atoms with Crippen molar-refractivity contribution in [3.63, 3.8) is 0 Å². The van der Waals surface area contributed by atoms with Gasteiger partial charge in [0.25, 0.3) is 5.91 Å². The van der Waals surface area contributed by atoms with Crippen molar-refractivity contribution in [1.82, 2.24) is 20.6 Å². The lowest BCUT2D eigenvalue weighted by Crippen LogP contribution is -2.41. The van der Waals surface area contributed by atoms with Crippen LogP contribution in [0.4, 0.5) is 0 Å². The van der Waals surface area contributed by atoms with Crippen LogP contribution < -0.4 is 14.8 Å². The number of ether oxygens (including phenoxy) is 2. The lowest BCUT2D eigenvalue weighted by molar-refractivity contribution is 0.0907. The molecule has 0 unspecified atom stereocenters. The highest BCUT2D eigenvalue weighted by Gasteiger charge is 2.29. The van der Waals surface area contributed by atoms with E-state index in [1.807, 2.05) is 13.8 Å². The van der Waals surface area contributed by atoms with Crippen LogP contribution in [0.25, 0.3) is 0 Å². The zero-order valence-corrected chi connectivity index (χ0v) is 17.3. The molecule has 1 amide bonds. The highest BCUT2D eigenvalue weighted by molar-refractivity contribution is 5.95. The molecule has 0 saturated carbocycles. The Kier molecular flexibility index (Phi) is 5.58. The van der Waals surface area contributed by atoms with Crippen molar-refractivity contribution in [3.8, 4) is 11.5 Å². The first-order valence-corrected chi connectivity index (χ1v) is 9.07. The average molecular weight is 400 g/mol. The van der Waals surface area contributed by atoms with Gasteiger partial charge in [0, 0.05) is 12.5 Å². The third-order valence-electron chi connectivity index (χ3n) is 4.49. The second-order valence-corrected chi connectivity index (χ2v) is 7.17. The second-order valence-electron chi connectivity index (χ2n) is 7.17. The maximum atomic E-state index is 12.7. The predicted octanol–water partition coefficient (Wildman–Crippen LogP) is 3.24. The third-order valence-corrected chi connectivity index (χ3v) is 4.49. The molecule has 3 rings (SSSR count). The van der Waals surface area contributed by atoms with Crippen LogP contribution in [0.5, 0.6) is 11.5 Å². The highest BCUT2D eigenvalue weighted by Crippen LogP contribution is 2.30. The quantitative estimate of drug-likeness (QED) is 0.643. The maximum Gasteiger partial charge on any atom is 0.252 e. The van der Waals surface area contributed by atoms with Gasteiger partial charge in [-0.15, -0.1) is 0 Å². The Balaban J connectivity index is 1.74. The van der Waals surface area contributed by atoms with Gasteiger partial charge in [0.15, 0.2) is 17.3 Å². The molecule has 0 spiro atoms. The van der Waals surface area contributed by atoms with Gasteiger partial charge in [-0.05, 0) is 45.9 Å². The molecule has 9 heteroatoms. The Labute approximate surface area is 168 Å². The first-order chi connectivity index (χ1) is 13.7. The summed E-state index contributed by atoms with van der Waals surface area (Å²) in [7, 11) is 1.52. The number of rotatable bonds is 7. The molecule has 2 heterocycles. The number of hydrogen-bond donors (Lipinski definition) is 1. The zero-order chi connectivity index (χ0) is 21.2. The highest BCUT2D eigenvalue weighted by atomic mass is 16.5. The Bertz CT molecular complexity index is 1000. The molecule has 154 valence electrons. The van der Waals surface area contributed by atoms with Crippen LogP contribution in [-0.2, 0) is 12.1 Å². The predicted molar refractivity (Wildman–Crippen MR) is 103 cm³/mol. The van der Waals surface area contributed by atoms with E-state index in [-0.39, 0.29) is 12.5 Å². The Morgan fingerprint density at radius 3 is 2.48 bits per heavy atom. The third kappa shape index (κ3) is 4.39. The fourth-order valence-corrected chi connectivity index (χ4v) is 2.75. The number of benzene rings is 1. The summed E-state index contributed by atoms with van der Waals surface area (Å²) < 4.78 is 21.4. The molecule has 1 N–H and O–H groups in total. The second kappa shape index (κ2) is 7.94. The molecule has 0 aliphatic heterocycles. The number of methoxy groups -OCH3 is 1. The summed E-state index contributed by atoms with van der Waals surface area (Å²) in [5, 5.41) is 10.7. The van der Waals surface area contributed by atoms with Gasteiger partial charge in [0.1, 0.15) is 12.4 Å². The van der Waals surface area contributed by atoms with Crippen LogP contribution in [0, 0.1) is 20.8 Å². The van der Waals surface area contributed by atoms with Gasteiger partial charge < -0.3 is 23.8 Å². The van der Waals surface area contributed by atoms with Gasteiger partial charge in [-0.3, -0.25) is 4.79 Å². The summed E-state index contributed by atoms with van der Waals surface area (Å²) in [6, 6.07) is 4.98. The number of aromatic nitrogens is 3. The first kappa shape index (κ1) is 20.4. The molecule has 1 aromatic carbocycles. The topological polar surface area (TPSA) is 113 Å². The molecule has 2 aromatic heterocycles. The van der Waals surface area contributed by atoms with Gasteiger partial charge in [-0.2, -0.15) is 4.98 Å². The van der Waals surface area contributed by atoms with E-state index in [2.05, 4.69) is 20.6 Å². The van der Waals surface area contributed by atoms with E-state index in [0.29, 0.717) is 34.5 Å². The number of amides is 1. The molecule has 0 aliphatic rings. The van der Waals surface area contributed by atoms with Crippen LogP contribution in [0.3, 0.4) is 0 Å². The molecule has 0 bridgehead atoms. The van der Waals surface area contributed by atoms with E-state index in [1.54, 1.807) is 39.0 Å². The van der Waals surface area contributed by atoms with Crippen molar-refractivity contribution in [2.75, 3.05) is 7.11 Å².